The van der Waals surface area contributed by atoms with Gasteiger partial charge in [-0.05, 0) is 6.42 Å². The lowest BCUT2D eigenvalue weighted by atomic mass is 10.1. The first-order valence-electron chi connectivity index (χ1n) is 6.04. The van der Waals surface area contributed by atoms with Crippen molar-refractivity contribution in [3.8, 4) is 0 Å². The first-order chi connectivity index (χ1) is 8.94. The molecule has 1 aromatic rings. The van der Waals surface area contributed by atoms with Crippen LogP contribution in [-0.4, -0.2) is 70.0 Å². The molecule has 0 amide bonds. The Balaban J connectivity index is 1.59. The van der Waals surface area contributed by atoms with Gasteiger partial charge in [-0.2, -0.15) is 0 Å². The van der Waals surface area contributed by atoms with E-state index in [0.717, 1.165) is 0 Å². The standard InChI is InChI=1S/C10H14N4O4S/c15-10(16)9-5-14(12-11-9)8-3-13(4-8)7-1-2-19(17,18)6-7/h5,7-8H,1-4,6H2,(H,15,16). The topological polar surface area (TPSA) is 105 Å². The minimum absolute atomic E-state index is 0.0677. The summed E-state index contributed by atoms with van der Waals surface area (Å²) in [6.45, 7) is 1.39. The molecular weight excluding hydrogens is 272 g/mol. The minimum atomic E-state index is -2.86. The zero-order valence-electron chi connectivity index (χ0n) is 10.1. The Morgan fingerprint density at radius 2 is 2.11 bits per heavy atom. The Bertz CT molecular complexity index is 605. The molecule has 2 saturated heterocycles. The maximum atomic E-state index is 11.4. The molecule has 8 nitrogen and oxygen atoms in total. The minimum Gasteiger partial charge on any atom is -0.476 e. The van der Waals surface area contributed by atoms with Crippen LogP contribution in [0.2, 0.25) is 0 Å². The van der Waals surface area contributed by atoms with Crippen LogP contribution >= 0.6 is 0 Å². The van der Waals surface area contributed by atoms with Crippen molar-refractivity contribution in [2.75, 3.05) is 24.6 Å². The van der Waals surface area contributed by atoms with Gasteiger partial charge in [-0.25, -0.2) is 17.9 Å². The molecule has 0 radical (unpaired) electrons. The van der Waals surface area contributed by atoms with Gasteiger partial charge in [0, 0.05) is 19.1 Å². The number of likely N-dealkylation sites (tertiary alicyclic amines) is 1. The molecule has 0 saturated carbocycles. The third-order valence-corrected chi connectivity index (χ3v) is 5.47. The highest BCUT2D eigenvalue weighted by Gasteiger charge is 2.39. The number of sulfone groups is 1. The Morgan fingerprint density at radius 3 is 2.63 bits per heavy atom. The number of hydrogen-bond donors (Lipinski definition) is 1. The van der Waals surface area contributed by atoms with Crippen LogP contribution in [0.15, 0.2) is 6.20 Å². The number of aromatic nitrogens is 3. The van der Waals surface area contributed by atoms with Crippen molar-refractivity contribution >= 4 is 15.8 Å². The molecule has 3 rings (SSSR count). The molecule has 1 N–H and O–H groups in total. The summed E-state index contributed by atoms with van der Waals surface area (Å²) in [5.74, 6) is -0.590. The van der Waals surface area contributed by atoms with E-state index < -0.39 is 15.8 Å². The Kier molecular flexibility index (Phi) is 2.82. The predicted octanol–water partition coefficient (Wildman–Crippen LogP) is -0.980. The first-order valence-corrected chi connectivity index (χ1v) is 7.86. The molecule has 9 heteroatoms. The molecule has 2 fully saturated rings. The van der Waals surface area contributed by atoms with E-state index in [9.17, 15) is 13.2 Å². The van der Waals surface area contributed by atoms with Crippen LogP contribution in [0.25, 0.3) is 0 Å². The van der Waals surface area contributed by atoms with Crippen LogP contribution in [-0.2, 0) is 9.84 Å². The molecule has 0 aromatic carbocycles. The van der Waals surface area contributed by atoms with Gasteiger partial charge in [0.25, 0.3) is 0 Å². The zero-order valence-corrected chi connectivity index (χ0v) is 11.0. The Labute approximate surface area is 109 Å². The lowest BCUT2D eigenvalue weighted by molar-refractivity contribution is 0.0617. The Morgan fingerprint density at radius 1 is 1.37 bits per heavy atom. The third-order valence-electron chi connectivity index (χ3n) is 3.72. The number of carbonyl (C=O) groups is 1. The van der Waals surface area contributed by atoms with Crippen LogP contribution < -0.4 is 0 Å². The van der Waals surface area contributed by atoms with Crippen molar-refractivity contribution in [2.45, 2.75) is 18.5 Å². The second kappa shape index (κ2) is 4.27. The predicted molar refractivity (Wildman–Crippen MR) is 64.7 cm³/mol. The maximum absolute atomic E-state index is 11.4. The Hall–Kier alpha value is -1.48. The van der Waals surface area contributed by atoms with Crippen molar-refractivity contribution < 1.29 is 18.3 Å². The second-order valence-corrected chi connectivity index (χ2v) is 7.28. The molecule has 0 spiro atoms. The molecule has 1 unspecified atom stereocenters. The van der Waals surface area contributed by atoms with Crippen LogP contribution in [0.4, 0.5) is 0 Å². The lowest BCUT2D eigenvalue weighted by Crippen LogP contribution is -2.53. The van der Waals surface area contributed by atoms with Gasteiger partial charge in [0.1, 0.15) is 0 Å². The van der Waals surface area contributed by atoms with E-state index in [1.807, 2.05) is 0 Å². The molecule has 104 valence electrons. The number of nitrogens with zero attached hydrogens (tertiary/aromatic N) is 4. The van der Waals surface area contributed by atoms with E-state index in [1.54, 1.807) is 4.68 Å². The van der Waals surface area contributed by atoms with Crippen LogP contribution in [0.3, 0.4) is 0 Å². The molecule has 2 aliphatic heterocycles. The van der Waals surface area contributed by atoms with Gasteiger partial charge in [0.05, 0.1) is 23.7 Å². The smallest absolute Gasteiger partial charge is 0.358 e. The van der Waals surface area contributed by atoms with Gasteiger partial charge in [-0.1, -0.05) is 5.21 Å². The fourth-order valence-electron chi connectivity index (χ4n) is 2.57. The van der Waals surface area contributed by atoms with Crippen LogP contribution in [0, 0.1) is 0 Å². The van der Waals surface area contributed by atoms with Gasteiger partial charge in [-0.3, -0.25) is 4.90 Å². The van der Waals surface area contributed by atoms with Crippen molar-refractivity contribution in [1.82, 2.24) is 19.9 Å². The van der Waals surface area contributed by atoms with Crippen molar-refractivity contribution in [3.63, 3.8) is 0 Å². The van der Waals surface area contributed by atoms with Gasteiger partial charge in [-0.15, -0.1) is 5.10 Å². The SMILES string of the molecule is O=C(O)c1cn(C2CN(C3CCS(=O)(=O)C3)C2)nn1. The van der Waals surface area contributed by atoms with Gasteiger partial charge < -0.3 is 5.11 Å². The summed E-state index contributed by atoms with van der Waals surface area (Å²) in [4.78, 5) is 12.8. The summed E-state index contributed by atoms with van der Waals surface area (Å²) in [5.41, 5.74) is -0.0677. The van der Waals surface area contributed by atoms with E-state index in [4.69, 9.17) is 5.11 Å². The number of rotatable bonds is 3. The van der Waals surface area contributed by atoms with Crippen molar-refractivity contribution in [1.29, 1.82) is 0 Å². The monoisotopic (exact) mass is 286 g/mol. The quantitative estimate of drug-likeness (QED) is 0.761. The third kappa shape index (κ3) is 2.35. The summed E-state index contributed by atoms with van der Waals surface area (Å²) >= 11 is 0. The summed E-state index contributed by atoms with van der Waals surface area (Å²) in [7, 11) is -2.86. The largest absolute Gasteiger partial charge is 0.476 e. The number of aromatic carboxylic acids is 1. The average Bonchev–Trinajstić information content (AvgIpc) is 2.84. The first kappa shape index (κ1) is 12.5. The molecule has 0 aliphatic carbocycles. The molecule has 3 heterocycles. The molecule has 0 bridgehead atoms. The maximum Gasteiger partial charge on any atom is 0.358 e. The van der Waals surface area contributed by atoms with E-state index in [1.165, 1.54) is 6.20 Å². The number of hydrogen-bond acceptors (Lipinski definition) is 6. The highest BCUT2D eigenvalue weighted by molar-refractivity contribution is 7.91. The van der Waals surface area contributed by atoms with E-state index >= 15 is 0 Å². The number of carboxylic acids is 1. The normalized spacial score (nSPS) is 27.3. The second-order valence-electron chi connectivity index (χ2n) is 5.05. The molecule has 2 aliphatic rings. The summed E-state index contributed by atoms with van der Waals surface area (Å²) < 4.78 is 24.3. The van der Waals surface area contributed by atoms with Crippen molar-refractivity contribution in [2.24, 2.45) is 0 Å². The van der Waals surface area contributed by atoms with Gasteiger partial charge in [0.2, 0.25) is 0 Å². The highest BCUT2D eigenvalue weighted by atomic mass is 32.2. The van der Waals surface area contributed by atoms with E-state index in [0.29, 0.717) is 19.5 Å². The molecular formula is C10H14N4O4S. The summed E-state index contributed by atoms with van der Waals surface area (Å²) in [6, 6.07) is 0.188. The van der Waals surface area contributed by atoms with E-state index in [-0.39, 0.29) is 29.3 Å². The summed E-state index contributed by atoms with van der Waals surface area (Å²) in [5, 5.41) is 16.1. The highest BCUT2D eigenvalue weighted by Crippen LogP contribution is 2.27. The molecule has 1 atom stereocenters. The van der Waals surface area contributed by atoms with Crippen LogP contribution in [0.1, 0.15) is 23.0 Å². The average molecular weight is 286 g/mol. The molecule has 1 aromatic heterocycles. The zero-order chi connectivity index (χ0) is 13.6. The van der Waals surface area contributed by atoms with Crippen molar-refractivity contribution in [3.05, 3.63) is 11.9 Å². The number of carboxylic acid groups (broad SMARTS) is 1. The molecule has 19 heavy (non-hydrogen) atoms. The fraction of sp³-hybridized carbons (Fsp3) is 0.700. The van der Waals surface area contributed by atoms with Gasteiger partial charge >= 0.3 is 5.97 Å². The summed E-state index contributed by atoms with van der Waals surface area (Å²) in [6.07, 6.45) is 2.10. The van der Waals surface area contributed by atoms with E-state index in [2.05, 4.69) is 15.2 Å². The fourth-order valence-corrected chi connectivity index (χ4v) is 4.33. The lowest BCUT2D eigenvalue weighted by Gasteiger charge is -2.42. The van der Waals surface area contributed by atoms with Gasteiger partial charge in [0.15, 0.2) is 15.5 Å². The van der Waals surface area contributed by atoms with Crippen LogP contribution in [0.5, 0.6) is 0 Å².